The summed E-state index contributed by atoms with van der Waals surface area (Å²) in [6, 6.07) is 11.6. The van der Waals surface area contributed by atoms with Crippen molar-refractivity contribution in [1.29, 1.82) is 0 Å². The Morgan fingerprint density at radius 3 is 2.70 bits per heavy atom. The summed E-state index contributed by atoms with van der Waals surface area (Å²) in [6.07, 6.45) is 0. The van der Waals surface area contributed by atoms with E-state index >= 15 is 0 Å². The summed E-state index contributed by atoms with van der Waals surface area (Å²) in [6.45, 7) is 0.984. The molecule has 2 aromatic heterocycles. The summed E-state index contributed by atoms with van der Waals surface area (Å²) in [5.74, 6) is -2.56. The second-order valence-electron chi connectivity index (χ2n) is 7.53. The van der Waals surface area contributed by atoms with Gasteiger partial charge in [0, 0.05) is 35.1 Å². The van der Waals surface area contributed by atoms with Gasteiger partial charge in [0.05, 0.1) is 5.69 Å². The number of carbonyl (C=O) groups excluding carboxylic acids is 1. The standard InChI is InChI=1S/C23H20ClF2N5O2/c1-31(2)10-9-27-22(32)16-12-15-20(14-5-3-4-6-17(14)24)29-30-21(15)28-23(16)33-19-8-7-13(25)11-18(19)26/h3-8,11-12H,9-10H2,1-2H3,(H,27,32)(H,28,29,30). The number of carbonyl (C=O) groups is 1. The van der Waals surface area contributed by atoms with Crippen LogP contribution in [0.15, 0.2) is 48.5 Å². The number of nitrogens with one attached hydrogen (secondary N) is 2. The third-order valence-corrected chi connectivity index (χ3v) is 5.17. The maximum Gasteiger partial charge on any atom is 0.256 e. The largest absolute Gasteiger partial charge is 0.435 e. The average Bonchev–Trinajstić information content (AvgIpc) is 3.17. The maximum absolute atomic E-state index is 14.2. The van der Waals surface area contributed by atoms with E-state index < -0.39 is 17.5 Å². The zero-order valence-corrected chi connectivity index (χ0v) is 18.6. The molecule has 2 aromatic carbocycles. The number of H-pyrrole nitrogens is 1. The first-order valence-corrected chi connectivity index (χ1v) is 10.4. The number of ether oxygens (including phenoxy) is 1. The van der Waals surface area contributed by atoms with Gasteiger partial charge in [-0.25, -0.2) is 8.78 Å². The molecular formula is C23H20ClF2N5O2. The van der Waals surface area contributed by atoms with Gasteiger partial charge in [0.1, 0.15) is 11.4 Å². The molecule has 0 aliphatic rings. The van der Waals surface area contributed by atoms with Crippen LogP contribution in [-0.4, -0.2) is 53.2 Å². The number of aromatic nitrogens is 3. The van der Waals surface area contributed by atoms with Gasteiger partial charge >= 0.3 is 0 Å². The molecule has 33 heavy (non-hydrogen) atoms. The summed E-state index contributed by atoms with van der Waals surface area (Å²) < 4.78 is 33.1. The second kappa shape index (κ2) is 9.51. The Morgan fingerprint density at radius 2 is 1.97 bits per heavy atom. The molecule has 0 aliphatic heterocycles. The maximum atomic E-state index is 14.2. The highest BCUT2D eigenvalue weighted by molar-refractivity contribution is 6.33. The molecule has 4 aromatic rings. The molecular weight excluding hydrogens is 452 g/mol. The van der Waals surface area contributed by atoms with Crippen molar-refractivity contribution in [3.05, 3.63) is 70.8 Å². The lowest BCUT2D eigenvalue weighted by Gasteiger charge is -2.13. The highest BCUT2D eigenvalue weighted by Crippen LogP contribution is 2.34. The van der Waals surface area contributed by atoms with Crippen molar-refractivity contribution < 1.29 is 18.3 Å². The molecule has 0 fully saturated rings. The number of fused-ring (bicyclic) bond motifs is 1. The van der Waals surface area contributed by atoms with E-state index in [9.17, 15) is 13.6 Å². The first-order valence-electron chi connectivity index (χ1n) is 10.0. The Balaban J connectivity index is 1.79. The number of pyridine rings is 1. The summed E-state index contributed by atoms with van der Waals surface area (Å²) in [4.78, 5) is 19.2. The molecule has 2 N–H and O–H groups in total. The van der Waals surface area contributed by atoms with Crippen LogP contribution in [0.5, 0.6) is 11.6 Å². The Labute approximate surface area is 193 Å². The average molecular weight is 472 g/mol. The van der Waals surface area contributed by atoms with Crippen LogP contribution in [0, 0.1) is 11.6 Å². The van der Waals surface area contributed by atoms with E-state index in [1.807, 2.05) is 31.1 Å². The number of likely N-dealkylation sites (N-methyl/N-ethyl adjacent to an activating group) is 1. The minimum atomic E-state index is -0.922. The summed E-state index contributed by atoms with van der Waals surface area (Å²) in [5.41, 5.74) is 1.57. The zero-order valence-electron chi connectivity index (χ0n) is 17.8. The molecule has 0 aliphatic carbocycles. The summed E-state index contributed by atoms with van der Waals surface area (Å²) >= 11 is 6.34. The third-order valence-electron chi connectivity index (χ3n) is 4.84. The van der Waals surface area contributed by atoms with Gasteiger partial charge in [0.2, 0.25) is 5.88 Å². The van der Waals surface area contributed by atoms with Crippen LogP contribution in [0.25, 0.3) is 22.3 Å². The fourth-order valence-electron chi connectivity index (χ4n) is 3.19. The Kier molecular flexibility index (Phi) is 6.52. The molecule has 0 saturated carbocycles. The number of hydrogen-bond acceptors (Lipinski definition) is 5. The van der Waals surface area contributed by atoms with Crippen LogP contribution in [-0.2, 0) is 0 Å². The van der Waals surface area contributed by atoms with Crippen LogP contribution >= 0.6 is 11.6 Å². The van der Waals surface area contributed by atoms with Crippen molar-refractivity contribution in [2.45, 2.75) is 0 Å². The molecule has 7 nitrogen and oxygen atoms in total. The van der Waals surface area contributed by atoms with E-state index in [1.165, 1.54) is 0 Å². The Bertz CT molecular complexity index is 1330. The van der Waals surface area contributed by atoms with Crippen LogP contribution in [0.2, 0.25) is 5.02 Å². The Morgan fingerprint density at radius 1 is 1.18 bits per heavy atom. The highest BCUT2D eigenvalue weighted by atomic mass is 35.5. The minimum Gasteiger partial charge on any atom is -0.435 e. The SMILES string of the molecule is CN(C)CCNC(=O)c1cc2c(-c3ccccc3Cl)[nH]nc2nc1Oc1ccc(F)cc1F. The molecule has 0 spiro atoms. The lowest BCUT2D eigenvalue weighted by atomic mass is 10.1. The van der Waals surface area contributed by atoms with Gasteiger partial charge < -0.3 is 15.0 Å². The molecule has 170 valence electrons. The van der Waals surface area contributed by atoms with E-state index in [1.54, 1.807) is 18.2 Å². The normalized spacial score (nSPS) is 11.2. The van der Waals surface area contributed by atoms with E-state index in [-0.39, 0.29) is 22.8 Å². The number of benzene rings is 2. The number of hydrogen-bond donors (Lipinski definition) is 2. The predicted octanol–water partition coefficient (Wildman–Crippen LogP) is 4.64. The van der Waals surface area contributed by atoms with Crippen molar-refractivity contribution in [3.8, 4) is 22.9 Å². The highest BCUT2D eigenvalue weighted by Gasteiger charge is 2.21. The van der Waals surface area contributed by atoms with Crippen molar-refractivity contribution in [2.75, 3.05) is 27.2 Å². The number of nitrogens with zero attached hydrogens (tertiary/aromatic N) is 3. The van der Waals surface area contributed by atoms with Gasteiger partial charge in [0.25, 0.3) is 5.91 Å². The zero-order chi connectivity index (χ0) is 23.5. The third kappa shape index (κ3) is 4.94. The smallest absolute Gasteiger partial charge is 0.256 e. The first kappa shape index (κ1) is 22.6. The summed E-state index contributed by atoms with van der Waals surface area (Å²) in [7, 11) is 3.76. The number of rotatable bonds is 7. The van der Waals surface area contributed by atoms with Crippen molar-refractivity contribution in [3.63, 3.8) is 0 Å². The lowest BCUT2D eigenvalue weighted by molar-refractivity contribution is 0.0948. The molecule has 4 rings (SSSR count). The Hall–Kier alpha value is -3.56. The van der Waals surface area contributed by atoms with Gasteiger partial charge in [-0.05, 0) is 38.4 Å². The molecule has 0 bridgehead atoms. The monoisotopic (exact) mass is 471 g/mol. The molecule has 2 heterocycles. The molecule has 10 heteroatoms. The van der Waals surface area contributed by atoms with Gasteiger partial charge in [-0.1, -0.05) is 29.8 Å². The van der Waals surface area contributed by atoms with Crippen LogP contribution in [0.1, 0.15) is 10.4 Å². The number of aromatic amines is 1. The second-order valence-corrected chi connectivity index (χ2v) is 7.93. The predicted molar refractivity (Wildman–Crippen MR) is 122 cm³/mol. The fraction of sp³-hybridized carbons (Fsp3) is 0.174. The van der Waals surface area contributed by atoms with E-state index in [0.29, 0.717) is 40.8 Å². The fourth-order valence-corrected chi connectivity index (χ4v) is 3.42. The number of halogens is 3. The van der Waals surface area contributed by atoms with Crippen LogP contribution in [0.4, 0.5) is 8.78 Å². The van der Waals surface area contributed by atoms with Crippen molar-refractivity contribution in [2.24, 2.45) is 0 Å². The molecule has 0 saturated heterocycles. The van der Waals surface area contributed by atoms with Crippen molar-refractivity contribution >= 4 is 28.5 Å². The number of amides is 1. The van der Waals surface area contributed by atoms with Gasteiger partial charge in [-0.15, -0.1) is 0 Å². The van der Waals surface area contributed by atoms with E-state index in [4.69, 9.17) is 16.3 Å². The minimum absolute atomic E-state index is 0.0692. The van der Waals surface area contributed by atoms with E-state index in [2.05, 4.69) is 20.5 Å². The topological polar surface area (TPSA) is 83.1 Å². The molecule has 0 atom stereocenters. The van der Waals surface area contributed by atoms with E-state index in [0.717, 1.165) is 12.1 Å². The van der Waals surface area contributed by atoms with Crippen LogP contribution < -0.4 is 10.1 Å². The van der Waals surface area contributed by atoms with Gasteiger partial charge in [-0.3, -0.25) is 9.89 Å². The van der Waals surface area contributed by atoms with Crippen LogP contribution in [0.3, 0.4) is 0 Å². The van der Waals surface area contributed by atoms with Gasteiger partial charge in [0.15, 0.2) is 17.2 Å². The molecule has 0 unspecified atom stereocenters. The summed E-state index contributed by atoms with van der Waals surface area (Å²) in [5, 5.41) is 10.9. The quantitative estimate of drug-likeness (QED) is 0.410. The molecule has 0 radical (unpaired) electrons. The lowest BCUT2D eigenvalue weighted by Crippen LogP contribution is -2.31. The van der Waals surface area contributed by atoms with Crippen molar-refractivity contribution in [1.82, 2.24) is 25.4 Å². The van der Waals surface area contributed by atoms with Gasteiger partial charge in [-0.2, -0.15) is 10.1 Å². The molecule has 1 amide bonds. The first-order chi connectivity index (χ1) is 15.8.